The van der Waals surface area contributed by atoms with Crippen molar-refractivity contribution in [3.05, 3.63) is 59.2 Å². The number of methoxy groups -OCH3 is 1. The van der Waals surface area contributed by atoms with E-state index in [0.717, 1.165) is 34.0 Å². The van der Waals surface area contributed by atoms with Gasteiger partial charge in [0.1, 0.15) is 23.5 Å². The fourth-order valence-electron chi connectivity index (χ4n) is 6.98. The minimum atomic E-state index is -0.807. The molecule has 4 aromatic rings. The van der Waals surface area contributed by atoms with E-state index in [1.54, 1.807) is 25.0 Å². The van der Waals surface area contributed by atoms with Gasteiger partial charge in [0, 0.05) is 17.4 Å². The van der Waals surface area contributed by atoms with Gasteiger partial charge in [0.2, 0.25) is 17.6 Å². The van der Waals surface area contributed by atoms with Gasteiger partial charge in [0.15, 0.2) is 5.01 Å². The van der Waals surface area contributed by atoms with Gasteiger partial charge in [0.25, 0.3) is 5.91 Å². The van der Waals surface area contributed by atoms with Crippen LogP contribution in [0.3, 0.4) is 0 Å². The zero-order valence-corrected chi connectivity index (χ0v) is 25.9. The molecule has 2 aromatic carbocycles. The molecule has 0 radical (unpaired) electrons. The highest BCUT2D eigenvalue weighted by atomic mass is 32.1. The first-order chi connectivity index (χ1) is 21.1. The number of rotatable bonds is 9. The molecule has 1 saturated heterocycles. The molecule has 228 valence electrons. The molecule has 2 aliphatic carbocycles. The number of carbonyl (C=O) groups is 4. The second-order valence-electron chi connectivity index (χ2n) is 12.9. The van der Waals surface area contributed by atoms with Gasteiger partial charge in [-0.2, -0.15) is 0 Å². The maximum Gasteiger partial charge on any atom is 0.268 e. The number of benzene rings is 2. The Morgan fingerprint density at radius 2 is 1.86 bits per heavy atom. The molecule has 3 amide bonds. The lowest BCUT2D eigenvalue weighted by Crippen LogP contribution is -2.57. The zero-order valence-electron chi connectivity index (χ0n) is 25.0. The van der Waals surface area contributed by atoms with Crippen LogP contribution in [-0.2, 0) is 9.59 Å². The summed E-state index contributed by atoms with van der Waals surface area (Å²) in [5, 5.41) is 7.00. The summed E-state index contributed by atoms with van der Waals surface area (Å²) in [5.41, 5.74) is 1.75. The molecule has 10 nitrogen and oxygen atoms in total. The minimum absolute atomic E-state index is 0.0125. The van der Waals surface area contributed by atoms with E-state index in [9.17, 15) is 19.2 Å². The smallest absolute Gasteiger partial charge is 0.268 e. The highest BCUT2D eigenvalue weighted by Crippen LogP contribution is 2.65. The van der Waals surface area contributed by atoms with Gasteiger partial charge >= 0.3 is 0 Å². The number of aromatic amines is 1. The first-order valence-electron chi connectivity index (χ1n) is 15.1. The van der Waals surface area contributed by atoms with E-state index in [1.807, 2.05) is 42.5 Å². The third-order valence-corrected chi connectivity index (χ3v) is 10.8. The Bertz CT molecular complexity index is 1790. The molecule has 0 bridgehead atoms. The van der Waals surface area contributed by atoms with Crippen molar-refractivity contribution in [2.75, 3.05) is 13.7 Å². The Hall–Kier alpha value is -4.25. The summed E-state index contributed by atoms with van der Waals surface area (Å²) in [6, 6.07) is 12.5. The summed E-state index contributed by atoms with van der Waals surface area (Å²) in [4.78, 5) is 63.9. The van der Waals surface area contributed by atoms with Crippen molar-refractivity contribution in [2.24, 2.45) is 23.2 Å². The number of carbonyl (C=O) groups excluding carboxylic acids is 4. The monoisotopic (exact) mass is 613 g/mol. The third-order valence-electron chi connectivity index (χ3n) is 9.75. The molecule has 44 heavy (non-hydrogen) atoms. The molecule has 0 spiro atoms. The van der Waals surface area contributed by atoms with Crippen molar-refractivity contribution in [1.82, 2.24) is 25.5 Å². The molecule has 7 rings (SSSR count). The molecule has 3 aliphatic rings. The molecular formula is C33H35N5O5S. The van der Waals surface area contributed by atoms with Crippen LogP contribution in [0.1, 0.15) is 53.9 Å². The quantitative estimate of drug-likeness (QED) is 0.243. The van der Waals surface area contributed by atoms with Crippen LogP contribution >= 0.6 is 11.3 Å². The van der Waals surface area contributed by atoms with Crippen LogP contribution in [0.5, 0.6) is 5.75 Å². The fraction of sp³-hybridized carbons (Fsp3) is 0.424. The van der Waals surface area contributed by atoms with E-state index in [-0.39, 0.29) is 46.7 Å². The Labute approximate surface area is 258 Å². The number of fused-ring (bicyclic) bond motifs is 3. The van der Waals surface area contributed by atoms with E-state index in [0.29, 0.717) is 23.0 Å². The molecule has 2 saturated carbocycles. The third kappa shape index (κ3) is 4.74. The van der Waals surface area contributed by atoms with Gasteiger partial charge in [-0.05, 0) is 73.3 Å². The van der Waals surface area contributed by atoms with Crippen LogP contribution in [0.25, 0.3) is 21.1 Å². The molecule has 3 heterocycles. The number of H-pyrrole nitrogens is 1. The molecule has 11 heteroatoms. The van der Waals surface area contributed by atoms with Crippen molar-refractivity contribution < 1.29 is 23.9 Å². The molecule has 5 atom stereocenters. The van der Waals surface area contributed by atoms with E-state index >= 15 is 0 Å². The number of nitrogens with one attached hydrogen (secondary N) is 3. The fourth-order valence-corrected chi connectivity index (χ4v) is 7.97. The summed E-state index contributed by atoms with van der Waals surface area (Å²) < 4.78 is 6.33. The van der Waals surface area contributed by atoms with Crippen LogP contribution in [0.2, 0.25) is 0 Å². The van der Waals surface area contributed by atoms with Crippen LogP contribution in [0.4, 0.5) is 0 Å². The summed E-state index contributed by atoms with van der Waals surface area (Å²) >= 11 is 1.30. The van der Waals surface area contributed by atoms with Gasteiger partial charge in [-0.15, -0.1) is 11.3 Å². The summed E-state index contributed by atoms with van der Waals surface area (Å²) in [5.74, 6) is -0.420. The van der Waals surface area contributed by atoms with Crippen molar-refractivity contribution in [3.8, 4) is 5.75 Å². The number of Topliss-reactive ketones (excluding diaryl/α,β-unsaturated/α-hetero) is 1. The molecule has 3 N–H and O–H groups in total. The Balaban J connectivity index is 1.09. The zero-order chi connectivity index (χ0) is 30.9. The van der Waals surface area contributed by atoms with Gasteiger partial charge in [-0.1, -0.05) is 32.0 Å². The van der Waals surface area contributed by atoms with E-state index in [1.165, 1.54) is 11.3 Å². The van der Waals surface area contributed by atoms with Crippen LogP contribution < -0.4 is 15.4 Å². The number of amides is 3. The maximum atomic E-state index is 14.1. The van der Waals surface area contributed by atoms with E-state index < -0.39 is 18.1 Å². The summed E-state index contributed by atoms with van der Waals surface area (Å²) in [6.45, 7) is 6.33. The molecule has 3 fully saturated rings. The van der Waals surface area contributed by atoms with E-state index in [2.05, 4.69) is 34.4 Å². The second-order valence-corrected chi connectivity index (χ2v) is 13.9. The predicted molar refractivity (Wildman–Crippen MR) is 167 cm³/mol. The average Bonchev–Trinajstić information content (AvgIpc) is 3.66. The second kappa shape index (κ2) is 10.4. The lowest BCUT2D eigenvalue weighted by Gasteiger charge is -2.33. The van der Waals surface area contributed by atoms with Gasteiger partial charge in [0.05, 0.1) is 23.4 Å². The number of hydrogen-bond acceptors (Lipinski definition) is 7. The number of thiazole rings is 1. The number of ketones is 1. The van der Waals surface area contributed by atoms with Crippen LogP contribution in [0.15, 0.2) is 48.5 Å². The molecule has 1 aliphatic heterocycles. The van der Waals surface area contributed by atoms with Gasteiger partial charge in [-0.3, -0.25) is 19.2 Å². The van der Waals surface area contributed by atoms with Crippen LogP contribution in [-0.4, -0.2) is 70.2 Å². The lowest BCUT2D eigenvalue weighted by atomic mass is 9.98. The van der Waals surface area contributed by atoms with Crippen LogP contribution in [0, 0.1) is 23.2 Å². The van der Waals surface area contributed by atoms with Crippen molar-refractivity contribution in [1.29, 1.82) is 0 Å². The number of likely N-dealkylation sites (tertiary alicyclic amines) is 1. The topological polar surface area (TPSA) is 133 Å². The molecule has 2 aromatic heterocycles. The average molecular weight is 614 g/mol. The highest BCUT2D eigenvalue weighted by molar-refractivity contribution is 7.20. The number of ether oxygens (including phenoxy) is 1. The number of piperidine rings is 1. The normalized spacial score (nSPS) is 23.2. The minimum Gasteiger partial charge on any atom is -0.496 e. The SMILES string of the molecule is COc1cccc2[nH]c(C(=O)N[C@H](C(=O)N3C[C@H]4[C@@H]([C@H]3C(=O)N[C@@H](C)C(=O)c3nc5ccccc5s3)C4(C)C)C3CC3)cc12. The lowest BCUT2D eigenvalue weighted by molar-refractivity contribution is -0.142. The Morgan fingerprint density at radius 3 is 2.59 bits per heavy atom. The predicted octanol–water partition coefficient (Wildman–Crippen LogP) is 4.17. The van der Waals surface area contributed by atoms with Gasteiger partial charge < -0.3 is 25.3 Å². The number of aromatic nitrogens is 2. The van der Waals surface area contributed by atoms with Crippen molar-refractivity contribution >= 4 is 56.0 Å². The maximum absolute atomic E-state index is 14.1. The Kier molecular flexibility index (Phi) is 6.76. The van der Waals surface area contributed by atoms with Gasteiger partial charge in [-0.25, -0.2) is 4.98 Å². The molecular weight excluding hydrogens is 578 g/mol. The summed E-state index contributed by atoms with van der Waals surface area (Å²) in [6.07, 6.45) is 1.65. The van der Waals surface area contributed by atoms with Crippen molar-refractivity contribution in [3.63, 3.8) is 0 Å². The largest absolute Gasteiger partial charge is 0.496 e. The number of nitrogens with zero attached hydrogens (tertiary/aromatic N) is 2. The number of para-hydroxylation sites is 1. The Morgan fingerprint density at radius 1 is 1.09 bits per heavy atom. The standard InChI is InChI=1S/C33H35N5O5S/c1-16(28(39)31-36-21-8-5-6-11-24(21)44-31)34-30(41)27-25-19(33(25,2)3)15-38(27)32(42)26(17-12-13-17)37-29(40)22-14-18-20(35-22)9-7-10-23(18)43-4/h5-11,14,16-17,19,25-27,35H,12-13,15H2,1-4H3,(H,34,41)(H,37,40)/t16-,19-,25-,26-,27-/m0/s1. The molecule has 0 unspecified atom stereocenters. The van der Waals surface area contributed by atoms with Crippen molar-refractivity contribution in [2.45, 2.75) is 51.7 Å². The number of hydrogen-bond donors (Lipinski definition) is 3. The first-order valence-corrected chi connectivity index (χ1v) is 15.9. The highest BCUT2D eigenvalue weighted by Gasteiger charge is 2.69. The van der Waals surface area contributed by atoms with E-state index in [4.69, 9.17) is 4.74 Å². The summed E-state index contributed by atoms with van der Waals surface area (Å²) in [7, 11) is 1.58. The first kappa shape index (κ1) is 28.5.